The van der Waals surface area contributed by atoms with Gasteiger partial charge in [0.1, 0.15) is 5.69 Å². The van der Waals surface area contributed by atoms with Crippen LogP contribution in [0.1, 0.15) is 18.6 Å². The second-order valence-electron chi connectivity index (χ2n) is 3.74. The van der Waals surface area contributed by atoms with Crippen molar-refractivity contribution in [1.29, 1.82) is 0 Å². The predicted octanol–water partition coefficient (Wildman–Crippen LogP) is 1.72. The van der Waals surface area contributed by atoms with Crippen LogP contribution in [0.25, 0.3) is 0 Å². The van der Waals surface area contributed by atoms with Gasteiger partial charge >= 0.3 is 0 Å². The van der Waals surface area contributed by atoms with E-state index in [4.69, 9.17) is 6.42 Å². The fourth-order valence-corrected chi connectivity index (χ4v) is 1.49. The summed E-state index contributed by atoms with van der Waals surface area (Å²) in [5.74, 6) is 2.42. The van der Waals surface area contributed by atoms with Crippen molar-refractivity contribution in [2.45, 2.75) is 13.0 Å². The highest BCUT2D eigenvalue weighted by molar-refractivity contribution is 5.64. The van der Waals surface area contributed by atoms with Gasteiger partial charge in [-0.3, -0.25) is 10.1 Å². The van der Waals surface area contributed by atoms with Crippen LogP contribution in [-0.4, -0.2) is 23.6 Å². The third-order valence-corrected chi connectivity index (χ3v) is 2.42. The maximum absolute atomic E-state index is 11.0. The number of nitro benzene ring substituents is 1. The van der Waals surface area contributed by atoms with Crippen molar-refractivity contribution in [3.63, 3.8) is 0 Å². The van der Waals surface area contributed by atoms with Gasteiger partial charge in [0.2, 0.25) is 0 Å². The Kier molecular flexibility index (Phi) is 4.07. The molecule has 0 spiro atoms. The van der Waals surface area contributed by atoms with Crippen LogP contribution in [0.5, 0.6) is 0 Å². The van der Waals surface area contributed by atoms with Gasteiger partial charge in [0.25, 0.3) is 5.69 Å². The molecule has 0 aliphatic heterocycles. The molecule has 0 fully saturated rings. The highest BCUT2D eigenvalue weighted by Gasteiger charge is 2.18. The van der Waals surface area contributed by atoms with Gasteiger partial charge in [0, 0.05) is 13.1 Å². The van der Waals surface area contributed by atoms with E-state index in [0.29, 0.717) is 11.3 Å². The van der Waals surface area contributed by atoms with Gasteiger partial charge < -0.3 is 10.0 Å². The molecule has 1 aromatic rings. The lowest BCUT2D eigenvalue weighted by molar-refractivity contribution is -0.384. The molecule has 0 heterocycles. The Labute approximate surface area is 99.8 Å². The summed E-state index contributed by atoms with van der Waals surface area (Å²) in [6.07, 6.45) is 4.43. The Balaban J connectivity index is 3.23. The van der Waals surface area contributed by atoms with Crippen molar-refractivity contribution in [2.24, 2.45) is 0 Å². The first kappa shape index (κ1) is 13.0. The van der Waals surface area contributed by atoms with Crippen molar-refractivity contribution in [1.82, 2.24) is 0 Å². The lowest BCUT2D eigenvalue weighted by Crippen LogP contribution is -2.18. The molecule has 1 N–H and O–H groups in total. The number of aliphatic hydroxyl groups is 1. The normalized spacial score (nSPS) is 11.6. The number of aliphatic hydroxyl groups excluding tert-OH is 1. The maximum Gasteiger partial charge on any atom is 0.292 e. The first-order valence-electron chi connectivity index (χ1n) is 5.08. The zero-order valence-electron chi connectivity index (χ0n) is 9.75. The summed E-state index contributed by atoms with van der Waals surface area (Å²) in [7, 11) is 1.68. The summed E-state index contributed by atoms with van der Waals surface area (Å²) in [5, 5.41) is 20.3. The number of nitrogens with zero attached hydrogens (tertiary/aromatic N) is 2. The summed E-state index contributed by atoms with van der Waals surface area (Å²) >= 11 is 0. The maximum atomic E-state index is 11.0. The Morgan fingerprint density at radius 3 is 2.76 bits per heavy atom. The Morgan fingerprint density at radius 1 is 1.65 bits per heavy atom. The van der Waals surface area contributed by atoms with Crippen molar-refractivity contribution in [3.05, 3.63) is 33.9 Å². The summed E-state index contributed by atoms with van der Waals surface area (Å²) in [6, 6.07) is 4.62. The molecule has 0 saturated carbocycles. The fourth-order valence-electron chi connectivity index (χ4n) is 1.49. The van der Waals surface area contributed by atoms with Gasteiger partial charge in [0.05, 0.1) is 17.6 Å². The van der Waals surface area contributed by atoms with E-state index in [1.54, 1.807) is 31.0 Å². The molecule has 0 amide bonds. The third-order valence-electron chi connectivity index (χ3n) is 2.42. The SMILES string of the molecule is C#CCN(C)c1ccc([C@@H](C)O)cc1[N+](=O)[O-]. The van der Waals surface area contributed by atoms with E-state index >= 15 is 0 Å². The summed E-state index contributed by atoms with van der Waals surface area (Å²) in [6.45, 7) is 1.85. The van der Waals surface area contributed by atoms with Crippen molar-refractivity contribution < 1.29 is 10.0 Å². The average Bonchev–Trinajstić information content (AvgIpc) is 2.28. The van der Waals surface area contributed by atoms with Crippen molar-refractivity contribution >= 4 is 11.4 Å². The number of anilines is 1. The lowest BCUT2D eigenvalue weighted by atomic mass is 10.1. The van der Waals surface area contributed by atoms with E-state index in [1.807, 2.05) is 0 Å². The van der Waals surface area contributed by atoms with Crippen LogP contribution in [0.3, 0.4) is 0 Å². The van der Waals surface area contributed by atoms with Gasteiger partial charge in [0.15, 0.2) is 0 Å². The van der Waals surface area contributed by atoms with E-state index in [0.717, 1.165) is 0 Å². The molecule has 1 rings (SSSR count). The van der Waals surface area contributed by atoms with Crippen LogP contribution < -0.4 is 4.90 Å². The molecular formula is C12H14N2O3. The van der Waals surface area contributed by atoms with E-state index < -0.39 is 11.0 Å². The van der Waals surface area contributed by atoms with E-state index in [9.17, 15) is 15.2 Å². The number of terminal acetylenes is 1. The second-order valence-corrected chi connectivity index (χ2v) is 3.74. The molecule has 1 aromatic carbocycles. The number of hydrogen-bond acceptors (Lipinski definition) is 4. The minimum absolute atomic E-state index is 0.0545. The molecular weight excluding hydrogens is 220 g/mol. The molecule has 5 heteroatoms. The number of rotatable bonds is 4. The molecule has 5 nitrogen and oxygen atoms in total. The number of hydrogen-bond donors (Lipinski definition) is 1. The monoisotopic (exact) mass is 234 g/mol. The Hall–Kier alpha value is -2.06. The van der Waals surface area contributed by atoms with E-state index in [-0.39, 0.29) is 12.2 Å². The van der Waals surface area contributed by atoms with Gasteiger partial charge in [-0.2, -0.15) is 0 Å². The van der Waals surface area contributed by atoms with E-state index in [1.165, 1.54) is 6.07 Å². The quantitative estimate of drug-likeness (QED) is 0.489. The Morgan fingerprint density at radius 2 is 2.29 bits per heavy atom. The largest absolute Gasteiger partial charge is 0.389 e. The predicted molar refractivity (Wildman–Crippen MR) is 65.8 cm³/mol. The average molecular weight is 234 g/mol. The van der Waals surface area contributed by atoms with Gasteiger partial charge in [-0.25, -0.2) is 0 Å². The molecule has 0 bridgehead atoms. The number of nitro groups is 1. The van der Waals surface area contributed by atoms with Crippen LogP contribution in [0, 0.1) is 22.5 Å². The number of benzene rings is 1. The van der Waals surface area contributed by atoms with Gasteiger partial charge in [-0.05, 0) is 18.6 Å². The molecule has 0 aromatic heterocycles. The minimum Gasteiger partial charge on any atom is -0.389 e. The highest BCUT2D eigenvalue weighted by Crippen LogP contribution is 2.30. The molecule has 1 atom stereocenters. The lowest BCUT2D eigenvalue weighted by Gasteiger charge is -2.17. The standard InChI is InChI=1S/C12H14N2O3/c1-4-7-13(3)11-6-5-10(9(2)15)8-12(11)14(16)17/h1,5-6,8-9,15H,7H2,2-3H3/t9-/m1/s1. The Bertz CT molecular complexity index is 463. The van der Waals surface area contributed by atoms with Crippen LogP contribution in [-0.2, 0) is 0 Å². The summed E-state index contributed by atoms with van der Waals surface area (Å²) < 4.78 is 0. The molecule has 90 valence electrons. The second kappa shape index (κ2) is 5.32. The van der Waals surface area contributed by atoms with Crippen LogP contribution in [0.2, 0.25) is 0 Å². The fraction of sp³-hybridized carbons (Fsp3) is 0.333. The van der Waals surface area contributed by atoms with Crippen LogP contribution in [0.4, 0.5) is 11.4 Å². The van der Waals surface area contributed by atoms with E-state index in [2.05, 4.69) is 5.92 Å². The minimum atomic E-state index is -0.735. The van der Waals surface area contributed by atoms with Crippen molar-refractivity contribution in [3.8, 4) is 12.3 Å². The summed E-state index contributed by atoms with van der Waals surface area (Å²) in [4.78, 5) is 12.1. The topological polar surface area (TPSA) is 66.6 Å². The molecule has 0 aliphatic carbocycles. The molecule has 17 heavy (non-hydrogen) atoms. The van der Waals surface area contributed by atoms with Gasteiger partial charge in [-0.15, -0.1) is 6.42 Å². The molecule has 0 unspecified atom stereocenters. The van der Waals surface area contributed by atoms with Crippen LogP contribution in [0.15, 0.2) is 18.2 Å². The molecule has 0 aliphatic rings. The first-order valence-corrected chi connectivity index (χ1v) is 5.08. The van der Waals surface area contributed by atoms with Crippen LogP contribution >= 0.6 is 0 Å². The summed E-state index contributed by atoms with van der Waals surface area (Å²) in [5.41, 5.74) is 0.896. The smallest absolute Gasteiger partial charge is 0.292 e. The first-order chi connectivity index (χ1) is 7.97. The van der Waals surface area contributed by atoms with Gasteiger partial charge in [-0.1, -0.05) is 12.0 Å². The highest BCUT2D eigenvalue weighted by atomic mass is 16.6. The molecule has 0 radical (unpaired) electrons. The zero-order valence-corrected chi connectivity index (χ0v) is 9.75. The molecule has 0 saturated heterocycles. The zero-order chi connectivity index (χ0) is 13.0. The van der Waals surface area contributed by atoms with Crippen molar-refractivity contribution in [2.75, 3.05) is 18.5 Å². The third kappa shape index (κ3) is 2.95.